The van der Waals surface area contributed by atoms with Gasteiger partial charge in [-0.25, -0.2) is 18.4 Å². The lowest BCUT2D eigenvalue weighted by Gasteiger charge is -2.05. The van der Waals surface area contributed by atoms with Crippen LogP contribution >= 0.6 is 11.6 Å². The molecule has 0 spiro atoms. The van der Waals surface area contributed by atoms with Gasteiger partial charge in [0.25, 0.3) is 0 Å². The lowest BCUT2D eigenvalue weighted by molar-refractivity contribution is 0.597. The van der Waals surface area contributed by atoms with Crippen LogP contribution in [-0.4, -0.2) is 34.3 Å². The van der Waals surface area contributed by atoms with Gasteiger partial charge in [0.15, 0.2) is 5.65 Å². The molecule has 0 bridgehead atoms. The first-order valence-electron chi connectivity index (χ1n) is 9.47. The number of para-hydroxylation sites is 2. The predicted octanol–water partition coefficient (Wildman–Crippen LogP) is 3.93. The van der Waals surface area contributed by atoms with Crippen LogP contribution in [0.15, 0.2) is 87.9 Å². The van der Waals surface area contributed by atoms with Crippen molar-refractivity contribution in [2.45, 2.75) is 9.79 Å². The summed E-state index contributed by atoms with van der Waals surface area (Å²) in [7, 11) is -4.07. The van der Waals surface area contributed by atoms with Gasteiger partial charge in [0.2, 0.25) is 9.84 Å². The number of nitrogen functional groups attached to an aromatic ring is 1. The van der Waals surface area contributed by atoms with E-state index in [0.717, 1.165) is 0 Å². The first kappa shape index (κ1) is 20.1. The first-order chi connectivity index (χ1) is 15.4. The maximum Gasteiger partial charge on any atom is 0.212 e. The van der Waals surface area contributed by atoms with Crippen molar-refractivity contribution in [1.29, 1.82) is 0 Å². The molecule has 2 aromatic carbocycles. The summed E-state index contributed by atoms with van der Waals surface area (Å²) >= 11 is 6.04. The van der Waals surface area contributed by atoms with E-state index in [-0.39, 0.29) is 26.8 Å². The number of benzene rings is 2. The molecule has 0 amide bonds. The van der Waals surface area contributed by atoms with Crippen molar-refractivity contribution in [3.8, 4) is 0 Å². The number of halogens is 1. The molecule has 0 fully saturated rings. The molecule has 0 unspecified atom stereocenters. The topological polar surface area (TPSA) is 116 Å². The van der Waals surface area contributed by atoms with Crippen molar-refractivity contribution in [2.24, 2.45) is 5.10 Å². The Kier molecular flexibility index (Phi) is 4.84. The van der Waals surface area contributed by atoms with Gasteiger partial charge < -0.3 is 5.73 Å². The molecule has 0 aliphatic heterocycles. The number of aromatic nitrogens is 4. The molecular weight excluding hydrogens is 448 g/mol. The minimum Gasteiger partial charge on any atom is -0.382 e. The number of fused-ring (bicyclic) bond motifs is 2. The number of pyridine rings is 1. The molecule has 32 heavy (non-hydrogen) atoms. The Morgan fingerprint density at radius 1 is 1.00 bits per heavy atom. The maximum atomic E-state index is 13.6. The average Bonchev–Trinajstić information content (AvgIpc) is 3.07. The van der Waals surface area contributed by atoms with Gasteiger partial charge in [-0.15, -0.1) is 0 Å². The molecule has 10 heteroatoms. The van der Waals surface area contributed by atoms with Gasteiger partial charge >= 0.3 is 0 Å². The van der Waals surface area contributed by atoms with Crippen LogP contribution in [0.4, 0.5) is 5.82 Å². The molecule has 3 aromatic heterocycles. The Morgan fingerprint density at radius 2 is 1.78 bits per heavy atom. The number of anilines is 1. The molecule has 3 heterocycles. The Labute approximate surface area is 187 Å². The standard InChI is InChI=1S/C22H15ClN6O2S/c23-15-6-3-7-16(11-15)32(30,31)20-19-22(28-18-9-2-1-8-17(18)27-19)29(21(20)24)26-13-14-5-4-10-25-12-14/h1-13H,24H2. The van der Waals surface area contributed by atoms with Crippen LogP contribution in [0.1, 0.15) is 5.56 Å². The predicted molar refractivity (Wildman–Crippen MR) is 124 cm³/mol. The highest BCUT2D eigenvalue weighted by Gasteiger charge is 2.30. The molecular formula is C22H15ClN6O2S. The zero-order valence-electron chi connectivity index (χ0n) is 16.4. The van der Waals surface area contributed by atoms with E-state index < -0.39 is 9.84 Å². The normalized spacial score (nSPS) is 12.2. The van der Waals surface area contributed by atoms with Crippen LogP contribution in [-0.2, 0) is 9.84 Å². The molecule has 0 aliphatic carbocycles. The lowest BCUT2D eigenvalue weighted by atomic mass is 10.3. The van der Waals surface area contributed by atoms with E-state index >= 15 is 0 Å². The summed E-state index contributed by atoms with van der Waals surface area (Å²) in [5, 5.41) is 4.68. The second-order valence-corrected chi connectivity index (χ2v) is 9.23. The summed E-state index contributed by atoms with van der Waals surface area (Å²) in [6, 6.07) is 16.7. The molecule has 158 valence electrons. The molecule has 5 rings (SSSR count). The zero-order valence-corrected chi connectivity index (χ0v) is 18.0. The van der Waals surface area contributed by atoms with E-state index in [2.05, 4.69) is 20.1 Å². The Balaban J connectivity index is 1.82. The van der Waals surface area contributed by atoms with Crippen LogP contribution in [0, 0.1) is 0 Å². The van der Waals surface area contributed by atoms with Crippen LogP contribution in [0.2, 0.25) is 5.02 Å². The monoisotopic (exact) mass is 462 g/mol. The summed E-state index contributed by atoms with van der Waals surface area (Å²) in [4.78, 5) is 13.0. The van der Waals surface area contributed by atoms with Gasteiger partial charge in [0.05, 0.1) is 22.1 Å². The van der Waals surface area contributed by atoms with Crippen molar-refractivity contribution >= 4 is 55.7 Å². The third-order valence-corrected chi connectivity index (χ3v) is 6.86. The SMILES string of the molecule is Nc1c(S(=O)(=O)c2cccc(Cl)c2)c2nc3ccccc3nc2n1N=Cc1cccnc1. The summed E-state index contributed by atoms with van der Waals surface area (Å²) in [5.74, 6) is -0.101. The van der Waals surface area contributed by atoms with E-state index in [4.69, 9.17) is 17.3 Å². The number of hydrogen-bond donors (Lipinski definition) is 1. The van der Waals surface area contributed by atoms with E-state index in [9.17, 15) is 8.42 Å². The van der Waals surface area contributed by atoms with Crippen molar-refractivity contribution in [2.75, 3.05) is 5.73 Å². The number of sulfone groups is 1. The molecule has 5 aromatic rings. The summed E-state index contributed by atoms with van der Waals surface area (Å²) < 4.78 is 28.4. The van der Waals surface area contributed by atoms with E-state index in [1.54, 1.807) is 48.8 Å². The smallest absolute Gasteiger partial charge is 0.212 e. The molecule has 2 N–H and O–H groups in total. The molecule has 0 radical (unpaired) electrons. The van der Waals surface area contributed by atoms with Crippen LogP contribution in [0.25, 0.3) is 22.2 Å². The van der Waals surface area contributed by atoms with Crippen molar-refractivity contribution in [3.05, 3.63) is 83.6 Å². The minimum absolute atomic E-state index is 0.00180. The van der Waals surface area contributed by atoms with Crippen molar-refractivity contribution < 1.29 is 8.42 Å². The second-order valence-electron chi connectivity index (χ2n) is 6.90. The fourth-order valence-corrected chi connectivity index (χ4v) is 5.12. The molecule has 8 nitrogen and oxygen atoms in total. The van der Waals surface area contributed by atoms with E-state index in [0.29, 0.717) is 21.6 Å². The van der Waals surface area contributed by atoms with Crippen LogP contribution < -0.4 is 5.73 Å². The Hall–Kier alpha value is -3.82. The van der Waals surface area contributed by atoms with Crippen molar-refractivity contribution in [3.63, 3.8) is 0 Å². The lowest BCUT2D eigenvalue weighted by Crippen LogP contribution is -2.06. The summed E-state index contributed by atoms with van der Waals surface area (Å²) in [6.07, 6.45) is 4.79. The average molecular weight is 463 g/mol. The van der Waals surface area contributed by atoms with Gasteiger partial charge in [0, 0.05) is 23.0 Å². The third kappa shape index (κ3) is 3.37. The highest BCUT2D eigenvalue weighted by Crippen LogP contribution is 2.35. The minimum atomic E-state index is -4.07. The number of rotatable bonds is 4. The van der Waals surface area contributed by atoms with Gasteiger partial charge in [-0.1, -0.05) is 35.9 Å². The first-order valence-corrected chi connectivity index (χ1v) is 11.3. The maximum absolute atomic E-state index is 13.6. The largest absolute Gasteiger partial charge is 0.382 e. The quantitative estimate of drug-likeness (QED) is 0.404. The number of nitrogens with two attached hydrogens (primary N) is 1. The van der Waals surface area contributed by atoms with Crippen LogP contribution in [0.5, 0.6) is 0 Å². The molecule has 0 atom stereocenters. The van der Waals surface area contributed by atoms with Crippen LogP contribution in [0.3, 0.4) is 0 Å². The number of hydrogen-bond acceptors (Lipinski definition) is 7. The van der Waals surface area contributed by atoms with Crippen molar-refractivity contribution in [1.82, 2.24) is 19.6 Å². The highest BCUT2D eigenvalue weighted by atomic mass is 35.5. The Morgan fingerprint density at radius 3 is 2.50 bits per heavy atom. The van der Waals surface area contributed by atoms with Gasteiger partial charge in [-0.05, 0) is 36.4 Å². The fourth-order valence-electron chi connectivity index (χ4n) is 3.33. The van der Waals surface area contributed by atoms with Gasteiger partial charge in [0.1, 0.15) is 16.2 Å². The zero-order chi connectivity index (χ0) is 22.3. The molecule has 0 saturated heterocycles. The van der Waals surface area contributed by atoms with E-state index in [1.165, 1.54) is 23.0 Å². The number of nitrogens with zero attached hydrogens (tertiary/aromatic N) is 5. The summed E-state index contributed by atoms with van der Waals surface area (Å²) in [6.45, 7) is 0. The second kappa shape index (κ2) is 7.70. The molecule has 0 saturated carbocycles. The fraction of sp³-hybridized carbons (Fsp3) is 0. The highest BCUT2D eigenvalue weighted by molar-refractivity contribution is 7.92. The molecule has 0 aliphatic rings. The van der Waals surface area contributed by atoms with Gasteiger partial charge in [-0.2, -0.15) is 9.78 Å². The van der Waals surface area contributed by atoms with E-state index in [1.807, 2.05) is 12.1 Å². The third-order valence-electron chi connectivity index (χ3n) is 4.81. The van der Waals surface area contributed by atoms with Gasteiger partial charge in [-0.3, -0.25) is 4.98 Å². The Bertz CT molecular complexity index is 1610. The summed E-state index contributed by atoms with van der Waals surface area (Å²) in [5.41, 5.74) is 8.53.